The molecule has 0 heteroatoms. The summed E-state index contributed by atoms with van der Waals surface area (Å²) in [5.74, 6) is 0. The number of hydrogen-bond acceptors (Lipinski definition) is 0. The maximum Gasteiger partial charge on any atom is -0.0536 e. The van der Waals surface area contributed by atoms with Gasteiger partial charge in [-0.05, 0) is 0 Å². The lowest BCUT2D eigenvalue weighted by molar-refractivity contribution is 0.702. The molecule has 0 N–H and O–H groups in total. The highest BCUT2D eigenvalue weighted by atomic mass is 13.8. The van der Waals surface area contributed by atoms with Gasteiger partial charge in [0.15, 0.2) is 0 Å². The Kier molecular flexibility index (Phi) is 59.5. The molecule has 0 saturated heterocycles. The van der Waals surface area contributed by atoms with Gasteiger partial charge in [0.2, 0.25) is 0 Å². The second-order valence-electron chi connectivity index (χ2n) is 1.71. The number of rotatable bonds is 3. The Labute approximate surface area is 68.0 Å². The topological polar surface area (TPSA) is 0 Å². The van der Waals surface area contributed by atoms with Crippen molar-refractivity contribution in [2.24, 2.45) is 0 Å². The van der Waals surface area contributed by atoms with Gasteiger partial charge in [-0.25, -0.2) is 0 Å². The highest BCUT2D eigenvalue weighted by Crippen LogP contribution is 1.95. The third-order valence-corrected chi connectivity index (χ3v) is 0.957. The highest BCUT2D eigenvalue weighted by molar-refractivity contribution is 4.31. The zero-order chi connectivity index (χ0) is 8.83. The lowest BCUT2D eigenvalue weighted by Crippen LogP contribution is -1.66. The quantitative estimate of drug-likeness (QED) is 0.509. The molecule has 0 radical (unpaired) electrons. The van der Waals surface area contributed by atoms with E-state index in [1.807, 2.05) is 27.7 Å². The summed E-state index contributed by atoms with van der Waals surface area (Å²) in [5.41, 5.74) is 0. The summed E-state index contributed by atoms with van der Waals surface area (Å²) in [5, 5.41) is 0. The zero-order valence-corrected chi connectivity index (χ0v) is 8.83. The summed E-state index contributed by atoms with van der Waals surface area (Å²) in [6, 6.07) is 0. The fourth-order valence-electron chi connectivity index (χ4n) is 0.500. The minimum absolute atomic E-state index is 1.36. The summed E-state index contributed by atoms with van der Waals surface area (Å²) < 4.78 is 0. The monoisotopic (exact) mass is 146 g/mol. The van der Waals surface area contributed by atoms with Crippen LogP contribution >= 0.6 is 0 Å². The molecule has 0 amide bonds. The molecule has 0 nitrogen and oxygen atoms in total. The van der Waals surface area contributed by atoms with Crippen molar-refractivity contribution in [2.45, 2.75) is 67.2 Å². The van der Waals surface area contributed by atoms with Crippen LogP contribution in [0.3, 0.4) is 0 Å². The fourth-order valence-corrected chi connectivity index (χ4v) is 0.500. The summed E-state index contributed by atoms with van der Waals surface area (Å²) in [6.45, 7) is 12.5. The molecule has 0 aliphatic carbocycles. The Morgan fingerprint density at radius 1 is 0.600 bits per heavy atom. The molecule has 0 spiro atoms. The van der Waals surface area contributed by atoms with Crippen molar-refractivity contribution in [3.63, 3.8) is 0 Å². The van der Waals surface area contributed by atoms with E-state index in [4.69, 9.17) is 0 Å². The molecule has 0 heterocycles. The van der Waals surface area contributed by atoms with E-state index < -0.39 is 0 Å². The highest BCUT2D eigenvalue weighted by Gasteiger charge is 1.75. The van der Waals surface area contributed by atoms with Gasteiger partial charge in [-0.2, -0.15) is 0 Å². The Morgan fingerprint density at radius 3 is 0.900 bits per heavy atom. The van der Waals surface area contributed by atoms with Crippen LogP contribution in [0.4, 0.5) is 0 Å². The Morgan fingerprint density at radius 2 is 0.800 bits per heavy atom. The average Bonchev–Trinajstić information content (AvgIpc) is 2.08. The smallest absolute Gasteiger partial charge is 0.0536 e. The second kappa shape index (κ2) is 36.0. The molecule has 0 aromatic carbocycles. The lowest BCUT2D eigenvalue weighted by Gasteiger charge is -1.86. The normalized spacial score (nSPS) is 6.60. The first kappa shape index (κ1) is 16.5. The van der Waals surface area contributed by atoms with E-state index in [0.29, 0.717) is 0 Å². The van der Waals surface area contributed by atoms with Crippen molar-refractivity contribution in [2.75, 3.05) is 0 Å². The van der Waals surface area contributed by atoms with Crippen LogP contribution in [0, 0.1) is 0 Å². The van der Waals surface area contributed by atoms with Crippen LogP contribution in [0.2, 0.25) is 0 Å². The van der Waals surface area contributed by atoms with Crippen molar-refractivity contribution in [1.82, 2.24) is 0 Å². The maximum absolute atomic E-state index is 2.23. The predicted octanol–water partition coefficient (Wildman–Crippen LogP) is 4.64. The van der Waals surface area contributed by atoms with Crippen molar-refractivity contribution < 1.29 is 0 Å². The van der Waals surface area contributed by atoms with E-state index in [1.165, 1.54) is 25.7 Å². The molecule has 10 heavy (non-hydrogen) atoms. The summed E-state index contributed by atoms with van der Waals surface area (Å²) in [6.07, 6.45) is 5.54. The SMILES string of the molecule is CC.CC.CCCCCC. The fraction of sp³-hybridized carbons (Fsp3) is 1.00. The van der Waals surface area contributed by atoms with Crippen LogP contribution in [0.15, 0.2) is 0 Å². The molecule has 0 unspecified atom stereocenters. The molecule has 0 aromatic rings. The van der Waals surface area contributed by atoms with Gasteiger partial charge in [0.1, 0.15) is 0 Å². The van der Waals surface area contributed by atoms with Crippen LogP contribution in [0.25, 0.3) is 0 Å². The summed E-state index contributed by atoms with van der Waals surface area (Å²) >= 11 is 0. The number of unbranched alkanes of at least 4 members (excludes halogenated alkanes) is 3. The summed E-state index contributed by atoms with van der Waals surface area (Å²) in [4.78, 5) is 0. The minimum Gasteiger partial charge on any atom is -0.0683 e. The molecule has 0 atom stereocenters. The predicted molar refractivity (Wildman–Crippen MR) is 52.5 cm³/mol. The molecule has 0 saturated carbocycles. The first-order valence-corrected chi connectivity index (χ1v) is 4.91. The van der Waals surface area contributed by atoms with Crippen LogP contribution < -0.4 is 0 Å². The van der Waals surface area contributed by atoms with Crippen LogP contribution in [0.5, 0.6) is 0 Å². The van der Waals surface area contributed by atoms with Gasteiger partial charge in [0, 0.05) is 0 Å². The molecule has 0 aromatic heterocycles. The van der Waals surface area contributed by atoms with E-state index in [1.54, 1.807) is 0 Å². The maximum atomic E-state index is 2.23. The van der Waals surface area contributed by atoms with Gasteiger partial charge in [-0.1, -0.05) is 67.2 Å². The van der Waals surface area contributed by atoms with Crippen molar-refractivity contribution in [3.8, 4) is 0 Å². The summed E-state index contributed by atoms with van der Waals surface area (Å²) in [7, 11) is 0. The first-order valence-electron chi connectivity index (χ1n) is 4.91. The number of hydrogen-bond donors (Lipinski definition) is 0. The second-order valence-corrected chi connectivity index (χ2v) is 1.71. The Hall–Kier alpha value is 0. The molecular formula is C10H26. The average molecular weight is 146 g/mol. The standard InChI is InChI=1S/C6H14.2C2H6/c1-3-5-6-4-2;2*1-2/h3-6H2,1-2H3;2*1-2H3. The third kappa shape index (κ3) is 43.6. The van der Waals surface area contributed by atoms with E-state index in [0.717, 1.165) is 0 Å². The van der Waals surface area contributed by atoms with Crippen LogP contribution in [-0.2, 0) is 0 Å². The minimum atomic E-state index is 1.36. The molecule has 0 aliphatic rings. The molecule has 0 fully saturated rings. The van der Waals surface area contributed by atoms with Crippen molar-refractivity contribution in [3.05, 3.63) is 0 Å². The van der Waals surface area contributed by atoms with E-state index in [9.17, 15) is 0 Å². The van der Waals surface area contributed by atoms with Gasteiger partial charge < -0.3 is 0 Å². The first-order chi connectivity index (χ1) is 4.91. The van der Waals surface area contributed by atoms with Gasteiger partial charge in [-0.3, -0.25) is 0 Å². The molecule has 0 rings (SSSR count). The van der Waals surface area contributed by atoms with Gasteiger partial charge in [0.05, 0.1) is 0 Å². The molecule has 0 bridgehead atoms. The van der Waals surface area contributed by atoms with Crippen LogP contribution in [0.1, 0.15) is 67.2 Å². The third-order valence-electron chi connectivity index (χ3n) is 0.957. The Balaban J connectivity index is -0.000000105. The molecule has 66 valence electrons. The van der Waals surface area contributed by atoms with Crippen molar-refractivity contribution >= 4 is 0 Å². The Bertz CT molecular complexity index is 12.0. The van der Waals surface area contributed by atoms with E-state index in [-0.39, 0.29) is 0 Å². The van der Waals surface area contributed by atoms with Gasteiger partial charge >= 0.3 is 0 Å². The van der Waals surface area contributed by atoms with E-state index in [2.05, 4.69) is 13.8 Å². The molecular weight excluding hydrogens is 120 g/mol. The van der Waals surface area contributed by atoms with Gasteiger partial charge in [0.25, 0.3) is 0 Å². The molecule has 0 aliphatic heterocycles. The zero-order valence-electron chi connectivity index (χ0n) is 8.83. The van der Waals surface area contributed by atoms with Gasteiger partial charge in [-0.15, -0.1) is 0 Å². The lowest BCUT2D eigenvalue weighted by atomic mass is 10.2. The largest absolute Gasteiger partial charge is 0.0683 e. The van der Waals surface area contributed by atoms with E-state index >= 15 is 0 Å². The van der Waals surface area contributed by atoms with Crippen LogP contribution in [-0.4, -0.2) is 0 Å². The van der Waals surface area contributed by atoms with Crippen molar-refractivity contribution in [1.29, 1.82) is 0 Å².